The lowest BCUT2D eigenvalue weighted by atomic mass is 10.2. The Balaban J connectivity index is 1.92. The highest BCUT2D eigenvalue weighted by Gasteiger charge is 2.16. The first-order valence-corrected chi connectivity index (χ1v) is 7.56. The van der Waals surface area contributed by atoms with Gasteiger partial charge in [-0.2, -0.15) is 5.26 Å². The molecule has 1 unspecified atom stereocenters. The molecule has 1 atom stereocenters. The van der Waals surface area contributed by atoms with Crippen LogP contribution >= 0.6 is 11.3 Å². The summed E-state index contributed by atoms with van der Waals surface area (Å²) in [6.45, 7) is 1.60. The molecular formula is C15H14N4O3S. The number of hydrogen-bond acceptors (Lipinski definition) is 6. The van der Waals surface area contributed by atoms with Gasteiger partial charge in [0.15, 0.2) is 11.2 Å². The van der Waals surface area contributed by atoms with E-state index in [1.54, 1.807) is 36.6 Å². The molecule has 0 aliphatic rings. The van der Waals surface area contributed by atoms with Gasteiger partial charge in [-0.1, -0.05) is 0 Å². The summed E-state index contributed by atoms with van der Waals surface area (Å²) in [5.74, 6) is -0.361. The number of primary amides is 1. The lowest BCUT2D eigenvalue weighted by molar-refractivity contribution is -0.122. The molecule has 1 aromatic carbocycles. The van der Waals surface area contributed by atoms with Crippen molar-refractivity contribution in [2.45, 2.75) is 19.4 Å². The number of nitrogens with one attached hydrogen (secondary N) is 1. The number of carbonyl (C=O) groups is 2. The first kappa shape index (κ1) is 16.5. The number of amides is 2. The fourth-order valence-electron chi connectivity index (χ4n) is 1.70. The zero-order valence-corrected chi connectivity index (χ0v) is 13.1. The molecule has 0 radical (unpaired) electrons. The smallest absolute Gasteiger partial charge is 0.266 e. The Labute approximate surface area is 136 Å². The van der Waals surface area contributed by atoms with Gasteiger partial charge in [0, 0.05) is 5.38 Å². The Morgan fingerprint density at radius 2 is 2.13 bits per heavy atom. The lowest BCUT2D eigenvalue weighted by Crippen LogP contribution is -2.30. The molecule has 0 spiro atoms. The molecule has 3 N–H and O–H groups in total. The normalized spacial score (nSPS) is 11.3. The number of nitrogens with two attached hydrogens (primary N) is 1. The van der Waals surface area contributed by atoms with Crippen LogP contribution < -0.4 is 15.8 Å². The van der Waals surface area contributed by atoms with Gasteiger partial charge in [-0.05, 0) is 31.2 Å². The third-order valence-corrected chi connectivity index (χ3v) is 3.61. The number of rotatable bonds is 6. The van der Waals surface area contributed by atoms with Crippen molar-refractivity contribution in [2.24, 2.45) is 5.73 Å². The van der Waals surface area contributed by atoms with Gasteiger partial charge in [0.25, 0.3) is 5.91 Å². The number of anilines is 1. The van der Waals surface area contributed by atoms with Gasteiger partial charge in [0.2, 0.25) is 5.91 Å². The Bertz CT molecular complexity index is 749. The van der Waals surface area contributed by atoms with E-state index in [9.17, 15) is 9.59 Å². The van der Waals surface area contributed by atoms with Gasteiger partial charge in [0.05, 0.1) is 23.7 Å². The van der Waals surface area contributed by atoms with Crippen LogP contribution in [-0.2, 0) is 16.0 Å². The second-order valence-corrected chi connectivity index (χ2v) is 5.53. The maximum Gasteiger partial charge on any atom is 0.266 e. The maximum atomic E-state index is 12.1. The first-order chi connectivity index (χ1) is 11.0. The van der Waals surface area contributed by atoms with Crippen LogP contribution in [0.3, 0.4) is 0 Å². The van der Waals surface area contributed by atoms with Crippen molar-refractivity contribution >= 4 is 28.3 Å². The molecule has 0 saturated heterocycles. The minimum atomic E-state index is -0.744. The number of thiazole rings is 1. The van der Waals surface area contributed by atoms with Crippen molar-refractivity contribution in [3.05, 3.63) is 40.9 Å². The second-order valence-electron chi connectivity index (χ2n) is 4.67. The van der Waals surface area contributed by atoms with Crippen molar-refractivity contribution in [3.63, 3.8) is 0 Å². The van der Waals surface area contributed by atoms with Gasteiger partial charge in [-0.3, -0.25) is 14.9 Å². The molecule has 2 amide bonds. The SMILES string of the molecule is CC(Oc1ccc(C#N)cc1)C(=O)Nc1nc(CC(N)=O)cs1. The van der Waals surface area contributed by atoms with Crippen LogP contribution in [-0.4, -0.2) is 22.9 Å². The van der Waals surface area contributed by atoms with Gasteiger partial charge >= 0.3 is 0 Å². The number of nitrogens with zero attached hydrogens (tertiary/aromatic N) is 2. The summed E-state index contributed by atoms with van der Waals surface area (Å²) in [6, 6.07) is 8.46. The standard InChI is InChI=1S/C15H14N4O3S/c1-9(22-12-4-2-10(7-16)3-5-12)14(21)19-15-18-11(8-23-15)6-13(17)20/h2-5,8-9H,6H2,1H3,(H2,17,20)(H,18,19,21). The minimum absolute atomic E-state index is 0.0314. The molecule has 0 fully saturated rings. The van der Waals surface area contributed by atoms with E-state index in [0.29, 0.717) is 22.1 Å². The zero-order valence-electron chi connectivity index (χ0n) is 12.3. The average Bonchev–Trinajstić information content (AvgIpc) is 2.94. The van der Waals surface area contributed by atoms with Gasteiger partial charge in [0.1, 0.15) is 5.75 Å². The van der Waals surface area contributed by atoms with E-state index < -0.39 is 12.0 Å². The third-order valence-electron chi connectivity index (χ3n) is 2.80. The summed E-state index contributed by atoms with van der Waals surface area (Å²) in [7, 11) is 0. The first-order valence-electron chi connectivity index (χ1n) is 6.68. The molecule has 0 aliphatic heterocycles. The zero-order chi connectivity index (χ0) is 16.8. The molecule has 7 nitrogen and oxygen atoms in total. The van der Waals surface area contributed by atoms with E-state index in [-0.39, 0.29) is 12.3 Å². The van der Waals surface area contributed by atoms with E-state index in [1.807, 2.05) is 6.07 Å². The molecule has 0 bridgehead atoms. The van der Waals surface area contributed by atoms with E-state index >= 15 is 0 Å². The molecule has 23 heavy (non-hydrogen) atoms. The highest BCUT2D eigenvalue weighted by molar-refractivity contribution is 7.13. The van der Waals surface area contributed by atoms with Crippen LogP contribution in [0.25, 0.3) is 0 Å². The number of aromatic nitrogens is 1. The number of nitriles is 1. The summed E-state index contributed by atoms with van der Waals surface area (Å²) >= 11 is 1.21. The monoisotopic (exact) mass is 330 g/mol. The summed E-state index contributed by atoms with van der Waals surface area (Å²) in [4.78, 5) is 27.0. The van der Waals surface area contributed by atoms with Crippen molar-refractivity contribution in [1.29, 1.82) is 5.26 Å². The van der Waals surface area contributed by atoms with Gasteiger partial charge in [-0.25, -0.2) is 4.98 Å². The van der Waals surface area contributed by atoms with Crippen LogP contribution in [0.5, 0.6) is 5.75 Å². The number of benzene rings is 1. The Hall–Kier alpha value is -2.92. The second kappa shape index (κ2) is 7.38. The van der Waals surface area contributed by atoms with Crippen LogP contribution in [0.4, 0.5) is 5.13 Å². The molecule has 1 aromatic heterocycles. The Morgan fingerprint density at radius 1 is 1.43 bits per heavy atom. The van der Waals surface area contributed by atoms with E-state index in [4.69, 9.17) is 15.7 Å². The van der Waals surface area contributed by atoms with Crippen molar-refractivity contribution in [3.8, 4) is 11.8 Å². The van der Waals surface area contributed by atoms with Crippen LogP contribution in [0, 0.1) is 11.3 Å². The number of hydrogen-bond donors (Lipinski definition) is 2. The van der Waals surface area contributed by atoms with Gasteiger partial charge < -0.3 is 10.5 Å². The highest BCUT2D eigenvalue weighted by atomic mass is 32.1. The van der Waals surface area contributed by atoms with E-state index in [1.165, 1.54) is 11.3 Å². The fraction of sp³-hybridized carbons (Fsp3) is 0.200. The quantitative estimate of drug-likeness (QED) is 0.831. The number of ether oxygens (including phenoxy) is 1. The van der Waals surface area contributed by atoms with Crippen molar-refractivity contribution < 1.29 is 14.3 Å². The highest BCUT2D eigenvalue weighted by Crippen LogP contribution is 2.17. The fourth-order valence-corrected chi connectivity index (χ4v) is 2.41. The van der Waals surface area contributed by atoms with E-state index in [2.05, 4.69) is 10.3 Å². The predicted molar refractivity (Wildman–Crippen MR) is 84.9 cm³/mol. The summed E-state index contributed by atoms with van der Waals surface area (Å²) < 4.78 is 5.50. The predicted octanol–water partition coefficient (Wildman–Crippen LogP) is 1.45. The molecule has 2 aromatic rings. The van der Waals surface area contributed by atoms with Crippen LogP contribution in [0.2, 0.25) is 0 Å². The largest absolute Gasteiger partial charge is 0.481 e. The van der Waals surface area contributed by atoms with Crippen LogP contribution in [0.1, 0.15) is 18.2 Å². The molecule has 118 valence electrons. The van der Waals surface area contributed by atoms with Gasteiger partial charge in [-0.15, -0.1) is 11.3 Å². The molecule has 0 saturated carbocycles. The topological polar surface area (TPSA) is 118 Å². The lowest BCUT2D eigenvalue weighted by Gasteiger charge is -2.13. The third kappa shape index (κ3) is 4.79. The van der Waals surface area contributed by atoms with Crippen molar-refractivity contribution in [1.82, 2.24) is 4.98 Å². The molecule has 0 aliphatic carbocycles. The Morgan fingerprint density at radius 3 is 2.74 bits per heavy atom. The molecule has 1 heterocycles. The average molecular weight is 330 g/mol. The van der Waals surface area contributed by atoms with Crippen LogP contribution in [0.15, 0.2) is 29.6 Å². The molecule has 8 heteroatoms. The Kier molecular flexibility index (Phi) is 5.28. The van der Waals surface area contributed by atoms with E-state index in [0.717, 1.165) is 0 Å². The minimum Gasteiger partial charge on any atom is -0.481 e. The van der Waals surface area contributed by atoms with Crippen molar-refractivity contribution in [2.75, 3.05) is 5.32 Å². The molecular weight excluding hydrogens is 316 g/mol. The molecule has 2 rings (SSSR count). The summed E-state index contributed by atoms with van der Waals surface area (Å²) in [5, 5.41) is 13.4. The summed E-state index contributed by atoms with van der Waals surface area (Å²) in [5.41, 5.74) is 6.11. The summed E-state index contributed by atoms with van der Waals surface area (Å²) in [6.07, 6.45) is -0.713. The maximum absolute atomic E-state index is 12.1. The number of carbonyl (C=O) groups excluding carboxylic acids is 2.